The van der Waals surface area contributed by atoms with Crippen LogP contribution in [0, 0.1) is 0 Å². The second-order valence-corrected chi connectivity index (χ2v) is 9.94. The van der Waals surface area contributed by atoms with E-state index in [1.54, 1.807) is 37.4 Å². The number of rotatable bonds is 7. The minimum Gasteiger partial charge on any atom is -0.497 e. The van der Waals surface area contributed by atoms with E-state index in [-0.39, 0.29) is 11.7 Å². The highest BCUT2D eigenvalue weighted by atomic mass is 32.1. The molecule has 5 heteroatoms. The van der Waals surface area contributed by atoms with Crippen molar-refractivity contribution >= 4 is 33.1 Å². The molecule has 32 heavy (non-hydrogen) atoms. The number of ether oxygens (including phenoxy) is 1. The molecule has 0 spiro atoms. The van der Waals surface area contributed by atoms with Crippen LogP contribution in [0.15, 0.2) is 42.5 Å². The number of carbonyl (C=O) groups is 2. The molecular weight excluding hydrogens is 418 g/mol. The zero-order valence-corrected chi connectivity index (χ0v) is 20.0. The van der Waals surface area contributed by atoms with Gasteiger partial charge in [0.1, 0.15) is 5.75 Å². The Morgan fingerprint density at radius 3 is 2.41 bits per heavy atom. The number of aryl methyl sites for hydroxylation is 1. The number of ketones is 1. The second kappa shape index (κ2) is 9.86. The summed E-state index contributed by atoms with van der Waals surface area (Å²) in [6.07, 6.45) is 7.22. The van der Waals surface area contributed by atoms with Gasteiger partial charge in [0.05, 0.1) is 7.11 Å². The first-order chi connectivity index (χ1) is 15.5. The molecule has 0 saturated heterocycles. The highest BCUT2D eigenvalue weighted by Crippen LogP contribution is 2.44. The van der Waals surface area contributed by atoms with Gasteiger partial charge in [-0.25, -0.2) is 0 Å². The van der Waals surface area contributed by atoms with Gasteiger partial charge in [-0.2, -0.15) is 0 Å². The number of thiophene rings is 1. The molecule has 4 rings (SSSR count). The number of carbonyl (C=O) groups excluding carboxylic acids is 2. The molecule has 1 heterocycles. The van der Waals surface area contributed by atoms with Crippen LogP contribution in [0.3, 0.4) is 0 Å². The molecular formula is C27H31NO3S. The van der Waals surface area contributed by atoms with Crippen LogP contribution >= 0.6 is 11.3 Å². The van der Waals surface area contributed by atoms with Gasteiger partial charge in [0.2, 0.25) is 5.91 Å². The van der Waals surface area contributed by atoms with Gasteiger partial charge in [-0.15, -0.1) is 11.3 Å². The second-order valence-electron chi connectivity index (χ2n) is 8.85. The van der Waals surface area contributed by atoms with Crippen molar-refractivity contribution in [1.29, 1.82) is 0 Å². The fraction of sp³-hybridized carbons (Fsp3) is 0.407. The van der Waals surface area contributed by atoms with Crippen molar-refractivity contribution < 1.29 is 14.3 Å². The zero-order valence-electron chi connectivity index (χ0n) is 19.1. The van der Waals surface area contributed by atoms with Gasteiger partial charge < -0.3 is 9.64 Å². The monoisotopic (exact) mass is 449 g/mol. The van der Waals surface area contributed by atoms with Crippen molar-refractivity contribution in [2.24, 2.45) is 0 Å². The summed E-state index contributed by atoms with van der Waals surface area (Å²) in [4.78, 5) is 28.4. The molecule has 1 amide bonds. The van der Waals surface area contributed by atoms with Crippen molar-refractivity contribution in [2.45, 2.75) is 50.9 Å². The average molecular weight is 450 g/mol. The normalized spacial score (nSPS) is 14.5. The summed E-state index contributed by atoms with van der Waals surface area (Å²) in [5.41, 5.74) is 2.65. The van der Waals surface area contributed by atoms with Gasteiger partial charge in [-0.05, 0) is 48.9 Å². The van der Waals surface area contributed by atoms with E-state index in [9.17, 15) is 9.59 Å². The Morgan fingerprint density at radius 1 is 1.03 bits per heavy atom. The maximum absolute atomic E-state index is 13.7. The lowest BCUT2D eigenvalue weighted by Gasteiger charge is -2.21. The number of hydrogen-bond acceptors (Lipinski definition) is 4. The minimum atomic E-state index is 0.0953. The Bertz CT molecular complexity index is 1110. The predicted molar refractivity (Wildman–Crippen MR) is 131 cm³/mol. The van der Waals surface area contributed by atoms with E-state index >= 15 is 0 Å². The third kappa shape index (κ3) is 4.73. The molecule has 4 nitrogen and oxygen atoms in total. The number of hydrogen-bond donors (Lipinski definition) is 0. The summed E-state index contributed by atoms with van der Waals surface area (Å²) in [5.74, 6) is 1.49. The molecule has 1 aliphatic carbocycles. The van der Waals surface area contributed by atoms with E-state index in [4.69, 9.17) is 4.74 Å². The third-order valence-electron chi connectivity index (χ3n) is 6.47. The quantitative estimate of drug-likeness (QED) is 0.403. The lowest BCUT2D eigenvalue weighted by atomic mass is 9.85. The highest BCUT2D eigenvalue weighted by molar-refractivity contribution is 7.19. The Hall–Kier alpha value is -2.66. The van der Waals surface area contributed by atoms with Crippen molar-refractivity contribution in [3.05, 3.63) is 64.0 Å². The summed E-state index contributed by atoms with van der Waals surface area (Å²) in [7, 11) is 5.22. The first-order valence-corrected chi connectivity index (χ1v) is 12.2. The molecule has 2 aromatic carbocycles. The van der Waals surface area contributed by atoms with Crippen molar-refractivity contribution in [2.75, 3.05) is 21.2 Å². The number of methoxy groups -OCH3 is 1. The number of benzene rings is 2. The Labute approximate surface area is 194 Å². The molecule has 168 valence electrons. The van der Waals surface area contributed by atoms with E-state index < -0.39 is 0 Å². The van der Waals surface area contributed by atoms with Crippen molar-refractivity contribution in [1.82, 2.24) is 4.90 Å². The van der Waals surface area contributed by atoms with Gasteiger partial charge >= 0.3 is 0 Å². The first-order valence-electron chi connectivity index (χ1n) is 11.4. The number of nitrogens with zero attached hydrogens (tertiary/aromatic N) is 1. The van der Waals surface area contributed by atoms with Crippen LogP contribution < -0.4 is 4.74 Å². The maximum atomic E-state index is 13.7. The lowest BCUT2D eigenvalue weighted by Crippen LogP contribution is -2.21. The van der Waals surface area contributed by atoms with Crippen molar-refractivity contribution in [3.8, 4) is 5.75 Å². The van der Waals surface area contributed by atoms with Gasteiger partial charge in [-0.1, -0.05) is 43.5 Å². The molecule has 1 aliphatic rings. The summed E-state index contributed by atoms with van der Waals surface area (Å²) in [6, 6.07) is 13.8. The molecule has 0 atom stereocenters. The fourth-order valence-electron chi connectivity index (χ4n) is 4.55. The summed E-state index contributed by atoms with van der Waals surface area (Å²) in [6.45, 7) is 0. The first kappa shape index (κ1) is 22.5. The van der Waals surface area contributed by atoms with E-state index in [2.05, 4.69) is 0 Å². The topological polar surface area (TPSA) is 46.6 Å². The predicted octanol–water partition coefficient (Wildman–Crippen LogP) is 6.21. The molecule has 0 unspecified atom stereocenters. The third-order valence-corrected chi connectivity index (χ3v) is 7.78. The van der Waals surface area contributed by atoms with Crippen molar-refractivity contribution in [3.63, 3.8) is 0 Å². The Kier molecular flexibility index (Phi) is 6.95. The van der Waals surface area contributed by atoms with Gasteiger partial charge in [0, 0.05) is 46.6 Å². The Morgan fingerprint density at radius 2 is 1.75 bits per heavy atom. The molecule has 1 fully saturated rings. The van der Waals surface area contributed by atoms with E-state index in [0.717, 1.165) is 39.8 Å². The maximum Gasteiger partial charge on any atom is 0.222 e. The molecule has 0 radical (unpaired) electrons. The molecule has 0 aliphatic heterocycles. The molecule has 0 N–H and O–H groups in total. The summed E-state index contributed by atoms with van der Waals surface area (Å²) >= 11 is 1.76. The largest absolute Gasteiger partial charge is 0.497 e. The van der Waals surface area contributed by atoms with E-state index in [1.807, 2.05) is 42.5 Å². The van der Waals surface area contributed by atoms with Crippen LogP contribution in [0.5, 0.6) is 5.75 Å². The van der Waals surface area contributed by atoms with Gasteiger partial charge in [0.25, 0.3) is 0 Å². The van der Waals surface area contributed by atoms with Crippen LogP contribution in [-0.2, 0) is 11.2 Å². The summed E-state index contributed by atoms with van der Waals surface area (Å²) in [5, 5.41) is 1.03. The number of fused-ring (bicyclic) bond motifs is 1. The SMILES string of the molecule is COc1ccc2c(C(=O)c3ccc(CCC(=O)N(C)C)cc3)c(C3CCCCC3)sc2c1. The van der Waals surface area contributed by atoms with E-state index in [0.29, 0.717) is 24.3 Å². The van der Waals surface area contributed by atoms with Crippen LogP contribution in [-0.4, -0.2) is 37.8 Å². The molecule has 0 bridgehead atoms. The fourth-order valence-corrected chi connectivity index (χ4v) is 5.95. The summed E-state index contributed by atoms with van der Waals surface area (Å²) < 4.78 is 6.54. The van der Waals surface area contributed by atoms with E-state index in [1.165, 1.54) is 24.1 Å². The zero-order chi connectivity index (χ0) is 22.7. The standard InChI is InChI=1S/C27H31NO3S/c1-28(2)24(29)16-11-18-9-12-19(13-10-18)26(30)25-22-15-14-21(31-3)17-23(22)32-27(25)20-7-5-4-6-8-20/h9-10,12-15,17,20H,4-8,11,16H2,1-3H3. The molecule has 1 aromatic heterocycles. The highest BCUT2D eigenvalue weighted by Gasteiger charge is 2.27. The molecule has 3 aromatic rings. The smallest absolute Gasteiger partial charge is 0.222 e. The number of amides is 1. The van der Waals surface area contributed by atoms with Gasteiger partial charge in [-0.3, -0.25) is 9.59 Å². The Balaban J connectivity index is 1.65. The van der Waals surface area contributed by atoms with Crippen LogP contribution in [0.4, 0.5) is 0 Å². The van der Waals surface area contributed by atoms with Crippen LogP contribution in [0.2, 0.25) is 0 Å². The minimum absolute atomic E-state index is 0.0953. The van der Waals surface area contributed by atoms with Crippen LogP contribution in [0.25, 0.3) is 10.1 Å². The molecule has 1 saturated carbocycles. The van der Waals surface area contributed by atoms with Crippen LogP contribution in [0.1, 0.15) is 70.8 Å². The lowest BCUT2D eigenvalue weighted by molar-refractivity contribution is -0.128. The van der Waals surface area contributed by atoms with Gasteiger partial charge in [0.15, 0.2) is 5.78 Å². The average Bonchev–Trinajstić information content (AvgIpc) is 3.21.